The van der Waals surface area contributed by atoms with Crippen molar-refractivity contribution in [3.8, 4) is 0 Å². The molecule has 29 heavy (non-hydrogen) atoms. The van der Waals surface area contributed by atoms with E-state index in [4.69, 9.17) is 4.74 Å². The van der Waals surface area contributed by atoms with Crippen molar-refractivity contribution in [2.24, 2.45) is 5.92 Å². The Balaban J connectivity index is 1.62. The second kappa shape index (κ2) is 8.73. The predicted molar refractivity (Wildman–Crippen MR) is 108 cm³/mol. The fourth-order valence-corrected chi connectivity index (χ4v) is 3.85. The third-order valence-electron chi connectivity index (χ3n) is 4.89. The molecule has 1 N–H and O–H groups in total. The summed E-state index contributed by atoms with van der Waals surface area (Å²) in [4.78, 5) is 39.2. The second-order valence-corrected chi connectivity index (χ2v) is 8.39. The molecule has 1 heterocycles. The number of hydrogen-bond acceptors (Lipinski definition) is 5. The number of hydrogen-bond donors (Lipinski definition) is 1. The first kappa shape index (κ1) is 21.0. The van der Waals surface area contributed by atoms with Crippen LogP contribution in [0.3, 0.4) is 0 Å². The van der Waals surface area contributed by atoms with E-state index in [0.29, 0.717) is 10.6 Å². The van der Waals surface area contributed by atoms with Crippen molar-refractivity contribution in [3.63, 3.8) is 0 Å². The molecule has 2 aromatic rings. The van der Waals surface area contributed by atoms with E-state index in [1.807, 2.05) is 6.92 Å². The van der Waals surface area contributed by atoms with Crippen LogP contribution in [-0.2, 0) is 20.9 Å². The molecule has 1 fully saturated rings. The molecule has 0 spiro atoms. The molecule has 0 saturated heterocycles. The van der Waals surface area contributed by atoms with Gasteiger partial charge in [0.2, 0.25) is 5.91 Å². The van der Waals surface area contributed by atoms with Crippen molar-refractivity contribution in [1.29, 1.82) is 0 Å². The van der Waals surface area contributed by atoms with E-state index in [2.05, 4.69) is 5.32 Å². The SMILES string of the molecule is Cc1sc(NC(=O)C2CC2)c(C(=O)OCC(=O)N(C)Cc2ccccc2F)c1C. The highest BCUT2D eigenvalue weighted by Crippen LogP contribution is 2.36. The van der Waals surface area contributed by atoms with Crippen LogP contribution in [0.25, 0.3) is 0 Å². The molecule has 8 heteroatoms. The number of amides is 2. The number of halogens is 1. The summed E-state index contributed by atoms with van der Waals surface area (Å²) in [5, 5.41) is 3.26. The van der Waals surface area contributed by atoms with Crippen molar-refractivity contribution in [3.05, 3.63) is 51.7 Å². The van der Waals surface area contributed by atoms with Gasteiger partial charge in [-0.15, -0.1) is 11.3 Å². The van der Waals surface area contributed by atoms with Gasteiger partial charge in [-0.1, -0.05) is 18.2 Å². The number of carbonyl (C=O) groups excluding carboxylic acids is 3. The van der Waals surface area contributed by atoms with Crippen LogP contribution in [0.2, 0.25) is 0 Å². The van der Waals surface area contributed by atoms with Crippen molar-refractivity contribution in [2.45, 2.75) is 33.2 Å². The number of esters is 1. The van der Waals surface area contributed by atoms with Gasteiger partial charge in [0.05, 0.1) is 5.56 Å². The lowest BCUT2D eigenvalue weighted by atomic mass is 10.1. The fraction of sp³-hybridized carbons (Fsp3) is 0.381. The van der Waals surface area contributed by atoms with Crippen LogP contribution >= 0.6 is 11.3 Å². The zero-order valence-corrected chi connectivity index (χ0v) is 17.4. The van der Waals surface area contributed by atoms with Crippen molar-refractivity contribution < 1.29 is 23.5 Å². The molecule has 2 amide bonds. The van der Waals surface area contributed by atoms with Gasteiger partial charge >= 0.3 is 5.97 Å². The third-order valence-corrected chi connectivity index (χ3v) is 6.01. The quantitative estimate of drug-likeness (QED) is 0.696. The Labute approximate surface area is 172 Å². The standard InChI is InChI=1S/C21H23FN2O4S/c1-12-13(2)29-20(23-19(26)14-8-9-14)18(12)21(27)28-11-17(25)24(3)10-15-6-4-5-7-16(15)22/h4-7,14H,8-11H2,1-3H3,(H,23,26). The molecule has 1 saturated carbocycles. The van der Waals surface area contributed by atoms with Gasteiger partial charge in [0.15, 0.2) is 6.61 Å². The number of likely N-dealkylation sites (N-methyl/N-ethyl adjacent to an activating group) is 1. The summed E-state index contributed by atoms with van der Waals surface area (Å²) in [6.45, 7) is 3.24. The second-order valence-electron chi connectivity index (χ2n) is 7.17. The van der Waals surface area contributed by atoms with Gasteiger partial charge in [-0.3, -0.25) is 9.59 Å². The predicted octanol–water partition coefficient (Wildman–Crippen LogP) is 3.67. The lowest BCUT2D eigenvalue weighted by Crippen LogP contribution is -2.31. The van der Waals surface area contributed by atoms with Crippen LogP contribution in [0.5, 0.6) is 0 Å². The Morgan fingerprint density at radius 1 is 1.24 bits per heavy atom. The van der Waals surface area contributed by atoms with Crippen molar-refractivity contribution in [2.75, 3.05) is 19.0 Å². The Bertz CT molecular complexity index is 952. The number of carbonyl (C=O) groups is 3. The molecular formula is C21H23FN2O4S. The van der Waals surface area contributed by atoms with Crippen LogP contribution in [0, 0.1) is 25.6 Å². The molecule has 154 valence electrons. The molecule has 3 rings (SSSR count). The van der Waals surface area contributed by atoms with Crippen molar-refractivity contribution in [1.82, 2.24) is 4.90 Å². The number of rotatable bonds is 7. The van der Waals surface area contributed by atoms with Gasteiger partial charge in [-0.25, -0.2) is 9.18 Å². The molecule has 0 unspecified atom stereocenters. The maximum absolute atomic E-state index is 13.7. The summed E-state index contributed by atoms with van der Waals surface area (Å²) in [5.74, 6) is -1.60. The largest absolute Gasteiger partial charge is 0.452 e. The van der Waals surface area contributed by atoms with E-state index in [9.17, 15) is 18.8 Å². The average molecular weight is 418 g/mol. The smallest absolute Gasteiger partial charge is 0.341 e. The van der Waals surface area contributed by atoms with Gasteiger partial charge < -0.3 is 15.0 Å². The van der Waals surface area contributed by atoms with E-state index in [1.54, 1.807) is 25.1 Å². The van der Waals surface area contributed by atoms with E-state index in [-0.39, 0.29) is 23.9 Å². The number of benzene rings is 1. The molecule has 6 nitrogen and oxygen atoms in total. The Hall–Kier alpha value is -2.74. The third kappa shape index (κ3) is 5.00. The first-order valence-electron chi connectivity index (χ1n) is 9.33. The average Bonchev–Trinajstić information content (AvgIpc) is 3.49. The highest BCUT2D eigenvalue weighted by molar-refractivity contribution is 7.16. The van der Waals surface area contributed by atoms with Crippen LogP contribution < -0.4 is 5.32 Å². The Kier molecular flexibility index (Phi) is 6.32. The van der Waals surface area contributed by atoms with Crippen LogP contribution in [0.4, 0.5) is 9.39 Å². The van der Waals surface area contributed by atoms with E-state index < -0.39 is 24.3 Å². The van der Waals surface area contributed by atoms with Crippen molar-refractivity contribution >= 4 is 34.1 Å². The summed E-state index contributed by atoms with van der Waals surface area (Å²) in [5.41, 5.74) is 1.38. The first-order valence-corrected chi connectivity index (χ1v) is 10.1. The molecule has 0 atom stereocenters. The normalized spacial score (nSPS) is 13.1. The summed E-state index contributed by atoms with van der Waals surface area (Å²) in [6, 6.07) is 6.19. The van der Waals surface area contributed by atoms with Gasteiger partial charge in [0, 0.05) is 30.0 Å². The molecule has 1 aliphatic rings. The zero-order valence-electron chi connectivity index (χ0n) is 16.6. The zero-order chi connectivity index (χ0) is 21.1. The fourth-order valence-electron chi connectivity index (χ4n) is 2.80. The number of ether oxygens (including phenoxy) is 1. The first-order chi connectivity index (χ1) is 13.8. The number of nitrogens with one attached hydrogen (secondary N) is 1. The molecule has 1 aromatic heterocycles. The maximum atomic E-state index is 13.7. The minimum atomic E-state index is -0.661. The highest BCUT2D eigenvalue weighted by Gasteiger charge is 2.32. The Morgan fingerprint density at radius 2 is 1.93 bits per heavy atom. The number of aryl methyl sites for hydroxylation is 1. The summed E-state index contributed by atoms with van der Waals surface area (Å²) in [7, 11) is 1.52. The maximum Gasteiger partial charge on any atom is 0.341 e. The molecule has 1 aromatic carbocycles. The molecule has 0 aliphatic heterocycles. The summed E-state index contributed by atoms with van der Waals surface area (Å²) >= 11 is 1.32. The number of anilines is 1. The van der Waals surface area contributed by atoms with Gasteiger partial charge in [0.25, 0.3) is 5.91 Å². The Morgan fingerprint density at radius 3 is 2.59 bits per heavy atom. The van der Waals surface area contributed by atoms with Gasteiger partial charge in [-0.2, -0.15) is 0 Å². The van der Waals surface area contributed by atoms with E-state index in [1.165, 1.54) is 29.4 Å². The lowest BCUT2D eigenvalue weighted by Gasteiger charge is -2.17. The van der Waals surface area contributed by atoms with E-state index in [0.717, 1.165) is 23.3 Å². The molecule has 0 radical (unpaired) electrons. The number of thiophene rings is 1. The van der Waals surface area contributed by atoms with Gasteiger partial charge in [0.1, 0.15) is 10.8 Å². The van der Waals surface area contributed by atoms with Crippen LogP contribution in [0.1, 0.15) is 39.2 Å². The van der Waals surface area contributed by atoms with Crippen LogP contribution in [0.15, 0.2) is 24.3 Å². The molecule has 1 aliphatic carbocycles. The summed E-state index contributed by atoms with van der Waals surface area (Å²) < 4.78 is 19.0. The minimum Gasteiger partial charge on any atom is -0.452 e. The monoisotopic (exact) mass is 418 g/mol. The summed E-state index contributed by atoms with van der Waals surface area (Å²) in [6.07, 6.45) is 1.72. The van der Waals surface area contributed by atoms with E-state index >= 15 is 0 Å². The lowest BCUT2D eigenvalue weighted by molar-refractivity contribution is -0.133. The van der Waals surface area contributed by atoms with Crippen LogP contribution in [-0.4, -0.2) is 36.3 Å². The van der Waals surface area contributed by atoms with Gasteiger partial charge in [-0.05, 0) is 38.3 Å². The molecular weight excluding hydrogens is 395 g/mol. The number of nitrogens with zero attached hydrogens (tertiary/aromatic N) is 1. The molecule has 0 bridgehead atoms. The minimum absolute atomic E-state index is 0.00944. The topological polar surface area (TPSA) is 75.7 Å². The highest BCUT2D eigenvalue weighted by atomic mass is 32.1.